The van der Waals surface area contributed by atoms with Crippen LogP contribution in [0.1, 0.15) is 0 Å². The van der Waals surface area contributed by atoms with Crippen LogP contribution >= 0.6 is 0 Å². The minimum Gasteiger partial charge on any atom is -0.479 e. The summed E-state index contributed by atoms with van der Waals surface area (Å²) in [5, 5.41) is 33.5. The maximum Gasteiger partial charge on any atom is 0.526 e. The molecular weight excluding hydrogens is 232 g/mol. The number of rotatable bonds is 3. The number of aliphatic carboxylic acids is 1. The predicted octanol–water partition coefficient (Wildman–Crippen LogP) is -1.85. The van der Waals surface area contributed by atoms with E-state index >= 15 is 0 Å². The number of hydrogen-bond donors (Lipinski definition) is 4. The first-order valence-electron chi connectivity index (χ1n) is 3.51. The first-order valence-corrected chi connectivity index (χ1v) is 3.51. The highest BCUT2D eigenvalue weighted by molar-refractivity contribution is 5.91. The highest BCUT2D eigenvalue weighted by atomic mass is 16.8. The molecule has 0 fully saturated rings. The lowest BCUT2D eigenvalue weighted by Gasteiger charge is -2.10. The fraction of sp³-hybridized carbons (Fsp3) is 0.333. The van der Waals surface area contributed by atoms with Crippen molar-refractivity contribution in [3.63, 3.8) is 0 Å². The van der Waals surface area contributed by atoms with Crippen LogP contribution in [0, 0.1) is 0 Å². The van der Waals surface area contributed by atoms with Crippen LogP contribution in [0.15, 0.2) is 0 Å². The summed E-state index contributed by atoms with van der Waals surface area (Å²) in [6.07, 6.45) is -9.09. The summed E-state index contributed by atoms with van der Waals surface area (Å²) in [4.78, 5) is 40.9. The minimum atomic E-state index is -2.54. The van der Waals surface area contributed by atoms with Gasteiger partial charge in [-0.15, -0.1) is 0 Å². The molecule has 0 aromatic rings. The summed E-state index contributed by atoms with van der Waals surface area (Å²) >= 11 is 0. The molecule has 0 aromatic heterocycles. The van der Waals surface area contributed by atoms with Crippen LogP contribution < -0.4 is 0 Å². The highest BCUT2D eigenvalue weighted by Gasteiger charge is 2.33. The van der Waals surface area contributed by atoms with Crippen molar-refractivity contribution in [2.45, 2.75) is 12.2 Å². The van der Waals surface area contributed by atoms with Gasteiger partial charge in [0, 0.05) is 0 Å². The molecule has 16 heavy (non-hydrogen) atoms. The first-order chi connectivity index (χ1) is 7.25. The molecule has 0 amide bonds. The van der Waals surface area contributed by atoms with Gasteiger partial charge in [-0.2, -0.15) is 0 Å². The molecule has 10 nitrogen and oxygen atoms in total. The van der Waals surface area contributed by atoms with Crippen LogP contribution in [-0.4, -0.2) is 56.9 Å². The van der Waals surface area contributed by atoms with Gasteiger partial charge in [-0.05, 0) is 0 Å². The van der Waals surface area contributed by atoms with Gasteiger partial charge in [0.05, 0.1) is 0 Å². The zero-order valence-corrected chi connectivity index (χ0v) is 7.39. The summed E-state index contributed by atoms with van der Waals surface area (Å²) < 4.78 is 6.85. The number of carboxylic acid groups (broad SMARTS) is 2. The fourth-order valence-electron chi connectivity index (χ4n) is 0.499. The van der Waals surface area contributed by atoms with E-state index in [1.165, 1.54) is 0 Å². The van der Waals surface area contributed by atoms with Gasteiger partial charge in [-0.1, -0.05) is 0 Å². The largest absolute Gasteiger partial charge is 0.526 e. The lowest BCUT2D eigenvalue weighted by molar-refractivity contribution is -0.166. The van der Waals surface area contributed by atoms with Crippen LogP contribution in [-0.2, 0) is 19.1 Å². The number of carboxylic acids is 1. The lowest BCUT2D eigenvalue weighted by Crippen LogP contribution is -2.41. The number of carbonyl (C=O) groups is 4. The Balaban J connectivity index is 4.31. The van der Waals surface area contributed by atoms with Crippen molar-refractivity contribution in [1.29, 1.82) is 0 Å². The molecule has 2 atom stereocenters. The summed E-state index contributed by atoms with van der Waals surface area (Å²) in [5.74, 6) is -3.79. The van der Waals surface area contributed by atoms with E-state index in [2.05, 4.69) is 9.47 Å². The van der Waals surface area contributed by atoms with Crippen LogP contribution in [0.25, 0.3) is 0 Å². The maximum atomic E-state index is 10.7. The Bertz CT molecular complexity index is 319. The highest BCUT2D eigenvalue weighted by Crippen LogP contribution is 1.99. The van der Waals surface area contributed by atoms with Crippen LogP contribution in [0.4, 0.5) is 9.59 Å². The molecule has 0 saturated carbocycles. The molecule has 10 heteroatoms. The molecule has 0 aliphatic heterocycles. The van der Waals surface area contributed by atoms with Crippen molar-refractivity contribution < 1.29 is 49.1 Å². The fourth-order valence-corrected chi connectivity index (χ4v) is 0.499. The molecule has 0 aliphatic carbocycles. The molecule has 4 N–H and O–H groups in total. The number of aliphatic hydroxyl groups excluding tert-OH is 2. The van der Waals surface area contributed by atoms with E-state index in [4.69, 9.17) is 20.4 Å². The summed E-state index contributed by atoms with van der Waals surface area (Å²) in [6.45, 7) is 0. The van der Waals surface area contributed by atoms with Gasteiger partial charge in [-0.25, -0.2) is 19.2 Å². The molecule has 0 bridgehead atoms. The van der Waals surface area contributed by atoms with E-state index in [1.54, 1.807) is 0 Å². The van der Waals surface area contributed by atoms with Gasteiger partial charge in [0.15, 0.2) is 12.2 Å². The molecule has 0 radical (unpaired) electrons. The zero-order chi connectivity index (χ0) is 12.9. The Labute approximate surface area is 86.6 Å². The van der Waals surface area contributed by atoms with E-state index in [0.717, 1.165) is 0 Å². The van der Waals surface area contributed by atoms with Crippen LogP contribution in [0.2, 0.25) is 0 Å². The van der Waals surface area contributed by atoms with E-state index in [0.29, 0.717) is 0 Å². The number of carbonyl (C=O) groups excluding carboxylic acids is 2. The van der Waals surface area contributed by atoms with Crippen LogP contribution in [0.5, 0.6) is 0 Å². The van der Waals surface area contributed by atoms with Crippen molar-refractivity contribution in [1.82, 2.24) is 0 Å². The molecule has 0 aliphatic rings. The van der Waals surface area contributed by atoms with Gasteiger partial charge in [0.25, 0.3) is 0 Å². The second-order valence-electron chi connectivity index (χ2n) is 2.27. The first kappa shape index (κ1) is 13.8. The van der Waals surface area contributed by atoms with Crippen molar-refractivity contribution >= 4 is 24.2 Å². The van der Waals surface area contributed by atoms with Crippen molar-refractivity contribution in [2.75, 3.05) is 0 Å². The van der Waals surface area contributed by atoms with E-state index < -0.39 is 36.5 Å². The van der Waals surface area contributed by atoms with Gasteiger partial charge >= 0.3 is 24.2 Å². The quantitative estimate of drug-likeness (QED) is 0.323. The molecular formula is C6H6O10. The van der Waals surface area contributed by atoms with E-state index in [-0.39, 0.29) is 0 Å². The molecule has 0 spiro atoms. The zero-order valence-electron chi connectivity index (χ0n) is 7.39. The van der Waals surface area contributed by atoms with Gasteiger partial charge < -0.3 is 29.9 Å². The Kier molecular flexibility index (Phi) is 4.85. The number of ether oxygens (including phenoxy) is 2. The summed E-state index contributed by atoms with van der Waals surface area (Å²) in [6, 6.07) is 0. The average molecular weight is 238 g/mol. The molecule has 0 aromatic carbocycles. The second-order valence-corrected chi connectivity index (χ2v) is 2.27. The van der Waals surface area contributed by atoms with E-state index in [1.807, 2.05) is 0 Å². The number of hydrogen-bond acceptors (Lipinski definition) is 8. The van der Waals surface area contributed by atoms with Gasteiger partial charge in [-0.3, -0.25) is 0 Å². The second kappa shape index (κ2) is 5.63. The summed E-state index contributed by atoms with van der Waals surface area (Å²) in [5.41, 5.74) is 0. The van der Waals surface area contributed by atoms with Crippen LogP contribution in [0.3, 0.4) is 0 Å². The summed E-state index contributed by atoms with van der Waals surface area (Å²) in [7, 11) is 0. The molecule has 0 rings (SSSR count). The molecule has 0 unspecified atom stereocenters. The van der Waals surface area contributed by atoms with Gasteiger partial charge in [0.1, 0.15) is 0 Å². The Morgan fingerprint density at radius 2 is 1.38 bits per heavy atom. The monoisotopic (exact) mass is 238 g/mol. The van der Waals surface area contributed by atoms with E-state index in [9.17, 15) is 19.2 Å². The minimum absolute atomic E-state index is 1.86. The maximum absolute atomic E-state index is 10.7. The smallest absolute Gasteiger partial charge is 0.479 e. The Morgan fingerprint density at radius 1 is 0.875 bits per heavy atom. The third-order valence-electron chi connectivity index (χ3n) is 1.15. The van der Waals surface area contributed by atoms with Crippen molar-refractivity contribution in [3.8, 4) is 0 Å². The standard InChI is InChI=1S/C6H6O10/c7-1(3(9)10)2(8)4(11)15-6(14)16-5(12)13/h1-2,7-8H,(H,9,10)(H,12,13)/t1-,2-/m0/s1. The topological polar surface area (TPSA) is 168 Å². The van der Waals surface area contributed by atoms with Crippen molar-refractivity contribution in [2.24, 2.45) is 0 Å². The molecule has 90 valence electrons. The number of aliphatic hydroxyl groups is 2. The lowest BCUT2D eigenvalue weighted by atomic mass is 10.2. The van der Waals surface area contributed by atoms with Crippen molar-refractivity contribution in [3.05, 3.63) is 0 Å². The Hall–Kier alpha value is -2.20. The third kappa shape index (κ3) is 4.34. The SMILES string of the molecule is O=C(O)OC(=O)OC(=O)[C@@H](O)[C@H](O)C(=O)O. The normalized spacial score (nSPS) is 13.4. The predicted molar refractivity (Wildman–Crippen MR) is 40.2 cm³/mol. The molecule has 0 heterocycles. The molecule has 0 saturated heterocycles. The van der Waals surface area contributed by atoms with Gasteiger partial charge in [0.2, 0.25) is 0 Å². The Morgan fingerprint density at radius 3 is 1.75 bits per heavy atom. The third-order valence-corrected chi connectivity index (χ3v) is 1.15. The number of esters is 1. The average Bonchev–Trinajstić information content (AvgIpc) is 2.13.